The molecule has 1 aliphatic rings. The first-order valence-electron chi connectivity index (χ1n) is 8.61. The van der Waals surface area contributed by atoms with Crippen LogP contribution in [-0.2, 0) is 4.74 Å². The third-order valence-electron chi connectivity index (χ3n) is 4.01. The van der Waals surface area contributed by atoms with Gasteiger partial charge in [-0.25, -0.2) is 0 Å². The van der Waals surface area contributed by atoms with E-state index in [1.165, 1.54) is 0 Å². The summed E-state index contributed by atoms with van der Waals surface area (Å²) in [6.07, 6.45) is 8.09. The molecule has 0 saturated carbocycles. The molecule has 1 heterocycles. The zero-order valence-electron chi connectivity index (χ0n) is 14.2. The summed E-state index contributed by atoms with van der Waals surface area (Å²) in [6, 6.07) is 20.5. The van der Waals surface area contributed by atoms with Gasteiger partial charge in [-0.1, -0.05) is 60.7 Å². The Morgan fingerprint density at radius 2 is 1.68 bits per heavy atom. The van der Waals surface area contributed by atoms with Crippen LogP contribution in [0.5, 0.6) is 0 Å². The maximum atomic E-state index is 6.11. The fourth-order valence-electron chi connectivity index (χ4n) is 2.69. The molecule has 1 aliphatic heterocycles. The van der Waals surface area contributed by atoms with E-state index in [9.17, 15) is 0 Å². The quantitative estimate of drug-likeness (QED) is 0.281. The predicted octanol–water partition coefficient (Wildman–Crippen LogP) is 5.18. The van der Waals surface area contributed by atoms with Crippen molar-refractivity contribution in [2.24, 2.45) is 0 Å². The molecular weight excluding hydrogens is 332 g/mol. The molecule has 2 aromatic rings. The lowest BCUT2D eigenvalue weighted by molar-refractivity contribution is 0.256. The van der Waals surface area contributed by atoms with Gasteiger partial charge in [0.25, 0.3) is 0 Å². The Hall–Kier alpha value is -2.39. The van der Waals surface area contributed by atoms with Crippen molar-refractivity contribution in [1.82, 2.24) is 9.32 Å². The third-order valence-corrected chi connectivity index (χ3v) is 4.23. The van der Waals surface area contributed by atoms with Crippen LogP contribution in [0.1, 0.15) is 24.0 Å². The normalized spacial score (nSPS) is 14.2. The smallest absolute Gasteiger partial charge is 0.127 e. The molecule has 0 atom stereocenters. The Kier molecular flexibility index (Phi) is 6.41. The van der Waals surface area contributed by atoms with Crippen molar-refractivity contribution in [3.05, 3.63) is 84.2 Å². The van der Waals surface area contributed by atoms with E-state index < -0.39 is 0 Å². The molecule has 0 aliphatic carbocycles. The molecule has 3 nitrogen and oxygen atoms in total. The number of benzene rings is 2. The van der Waals surface area contributed by atoms with Gasteiger partial charge >= 0.3 is 0 Å². The minimum Gasteiger partial charge on any atom is -0.493 e. The average molecular weight is 355 g/mol. The van der Waals surface area contributed by atoms with Crippen molar-refractivity contribution >= 4 is 23.6 Å². The Morgan fingerprint density at radius 3 is 2.36 bits per heavy atom. The summed E-state index contributed by atoms with van der Waals surface area (Å²) in [6.45, 7) is 2.45. The summed E-state index contributed by atoms with van der Waals surface area (Å²) in [5.41, 5.74) is 2.25. The minimum absolute atomic E-state index is 0.704. The van der Waals surface area contributed by atoms with E-state index >= 15 is 0 Å². The van der Waals surface area contributed by atoms with Crippen LogP contribution < -0.4 is 0 Å². The highest BCUT2D eigenvalue weighted by atomic mass is 35.5. The average Bonchev–Trinajstić information content (AvgIpc) is 3.07. The van der Waals surface area contributed by atoms with Crippen molar-refractivity contribution < 1.29 is 4.74 Å². The number of ether oxygens (including phenoxy) is 1. The van der Waals surface area contributed by atoms with Crippen LogP contribution >= 0.6 is 11.8 Å². The fraction of sp³-hybridized carbons (Fsp3) is 0.238. The molecule has 0 unspecified atom stereocenters. The van der Waals surface area contributed by atoms with E-state index in [0.29, 0.717) is 6.61 Å². The summed E-state index contributed by atoms with van der Waals surface area (Å²) >= 11 is 5.91. The van der Waals surface area contributed by atoms with Gasteiger partial charge in [0.1, 0.15) is 12.4 Å². The van der Waals surface area contributed by atoms with Crippen LogP contribution in [0, 0.1) is 0 Å². The summed E-state index contributed by atoms with van der Waals surface area (Å²) in [5, 5.41) is 0. The van der Waals surface area contributed by atoms with Crippen molar-refractivity contribution in [3.63, 3.8) is 0 Å². The maximum Gasteiger partial charge on any atom is 0.127 e. The molecule has 2 aromatic carbocycles. The van der Waals surface area contributed by atoms with Gasteiger partial charge in [-0.15, -0.1) is 0 Å². The molecular formula is C21H23ClN2O. The molecule has 0 spiro atoms. The summed E-state index contributed by atoms with van der Waals surface area (Å²) in [5.74, 6) is 0.916. The molecule has 0 fully saturated rings. The number of hydrogen-bond donors (Lipinski definition) is 0. The highest BCUT2D eigenvalue weighted by Crippen LogP contribution is 2.20. The summed E-state index contributed by atoms with van der Waals surface area (Å²) in [7, 11) is 0. The van der Waals surface area contributed by atoms with Crippen LogP contribution in [0.4, 0.5) is 0 Å². The molecule has 25 heavy (non-hydrogen) atoms. The molecule has 0 saturated heterocycles. The van der Waals surface area contributed by atoms with Gasteiger partial charge in [0.05, 0.1) is 6.61 Å². The van der Waals surface area contributed by atoms with Gasteiger partial charge in [-0.2, -0.15) is 0 Å². The van der Waals surface area contributed by atoms with Gasteiger partial charge in [0, 0.05) is 36.3 Å². The second-order valence-corrected chi connectivity index (χ2v) is 6.43. The maximum absolute atomic E-state index is 6.11. The summed E-state index contributed by atoms with van der Waals surface area (Å²) in [4.78, 5) is 2.20. The van der Waals surface area contributed by atoms with E-state index in [2.05, 4.69) is 35.2 Å². The highest BCUT2D eigenvalue weighted by molar-refractivity contribution is 6.14. The second kappa shape index (κ2) is 9.19. The van der Waals surface area contributed by atoms with Crippen LogP contribution in [-0.4, -0.2) is 29.1 Å². The van der Waals surface area contributed by atoms with Gasteiger partial charge in [-0.05, 0) is 24.5 Å². The first kappa shape index (κ1) is 17.4. The topological polar surface area (TPSA) is 15.7 Å². The second-order valence-electron chi connectivity index (χ2n) is 5.99. The number of halogens is 1. The first-order chi connectivity index (χ1) is 12.3. The molecule has 4 heteroatoms. The predicted molar refractivity (Wildman–Crippen MR) is 104 cm³/mol. The van der Waals surface area contributed by atoms with Crippen molar-refractivity contribution in [2.75, 3.05) is 19.8 Å². The fourth-order valence-corrected chi connectivity index (χ4v) is 2.88. The van der Waals surface area contributed by atoms with Gasteiger partial charge in [-0.3, -0.25) is 4.42 Å². The van der Waals surface area contributed by atoms with Crippen LogP contribution in [0.2, 0.25) is 0 Å². The van der Waals surface area contributed by atoms with Gasteiger partial charge < -0.3 is 9.64 Å². The number of nitrogens with zero attached hydrogens (tertiary/aromatic N) is 2. The molecule has 0 bridgehead atoms. The van der Waals surface area contributed by atoms with E-state index in [0.717, 1.165) is 42.9 Å². The van der Waals surface area contributed by atoms with Crippen LogP contribution in [0.15, 0.2) is 73.1 Å². The van der Waals surface area contributed by atoms with E-state index in [1.54, 1.807) is 4.42 Å². The minimum atomic E-state index is 0.704. The number of unbranched alkanes of at least 4 members (excludes halogenated alkanes) is 1. The third kappa shape index (κ3) is 5.57. The zero-order chi connectivity index (χ0) is 17.3. The molecule has 0 radical (unpaired) electrons. The van der Waals surface area contributed by atoms with Crippen molar-refractivity contribution in [2.45, 2.75) is 12.8 Å². The highest BCUT2D eigenvalue weighted by Gasteiger charge is 2.09. The lowest BCUT2D eigenvalue weighted by atomic mass is 10.1. The van der Waals surface area contributed by atoms with Gasteiger partial charge in [0.15, 0.2) is 0 Å². The molecule has 0 amide bonds. The van der Waals surface area contributed by atoms with E-state index in [4.69, 9.17) is 16.5 Å². The Bertz CT molecular complexity index is 700. The van der Waals surface area contributed by atoms with Crippen molar-refractivity contribution in [3.8, 4) is 0 Å². The first-order valence-corrected chi connectivity index (χ1v) is 8.95. The monoisotopic (exact) mass is 354 g/mol. The van der Waals surface area contributed by atoms with Crippen molar-refractivity contribution in [1.29, 1.82) is 0 Å². The summed E-state index contributed by atoms with van der Waals surface area (Å²) < 4.78 is 7.77. The van der Waals surface area contributed by atoms with Crippen LogP contribution in [0.25, 0.3) is 11.8 Å². The Labute approximate surface area is 154 Å². The molecule has 0 aromatic heterocycles. The zero-order valence-corrected chi connectivity index (χ0v) is 15.0. The Balaban J connectivity index is 1.54. The molecule has 0 N–H and O–H groups in total. The number of rotatable bonds is 8. The molecule has 3 rings (SSSR count). The largest absolute Gasteiger partial charge is 0.493 e. The lowest BCUT2D eigenvalue weighted by Gasteiger charge is -2.17. The Morgan fingerprint density at radius 1 is 0.960 bits per heavy atom. The van der Waals surface area contributed by atoms with Crippen LogP contribution in [0.3, 0.4) is 0 Å². The lowest BCUT2D eigenvalue weighted by Crippen LogP contribution is -2.21. The SMILES string of the molecule is ClN1C=CN(CCCCOC(=Cc2ccccc2)c2ccccc2)C1. The van der Waals surface area contributed by atoms with E-state index in [-0.39, 0.29) is 0 Å². The van der Waals surface area contributed by atoms with Gasteiger partial charge in [0.2, 0.25) is 0 Å². The number of hydrogen-bond acceptors (Lipinski definition) is 3. The van der Waals surface area contributed by atoms with E-state index in [1.807, 2.05) is 48.8 Å². The molecule has 130 valence electrons. The standard InChI is InChI=1S/C21H23ClN2O/c22-24-15-14-23(18-24)13-7-8-16-25-21(20-11-5-2-6-12-20)17-19-9-3-1-4-10-19/h1-6,9-12,14-15,17H,7-8,13,16,18H2.